The summed E-state index contributed by atoms with van der Waals surface area (Å²) in [6, 6.07) is 5.48. The van der Waals surface area contributed by atoms with Crippen molar-refractivity contribution in [3.8, 4) is 0 Å². The van der Waals surface area contributed by atoms with Gasteiger partial charge in [0.05, 0.1) is 0 Å². The van der Waals surface area contributed by atoms with E-state index in [0.29, 0.717) is 5.92 Å². The van der Waals surface area contributed by atoms with Crippen LogP contribution in [0.2, 0.25) is 0 Å². The number of nitrogens with zero attached hydrogens (tertiary/aromatic N) is 1. The van der Waals surface area contributed by atoms with Crippen LogP contribution < -0.4 is 5.32 Å². The van der Waals surface area contributed by atoms with Gasteiger partial charge in [-0.05, 0) is 35.6 Å². The highest BCUT2D eigenvalue weighted by atomic mass is 19.1. The summed E-state index contributed by atoms with van der Waals surface area (Å²) in [6.45, 7) is 9.59. The van der Waals surface area contributed by atoms with Crippen molar-refractivity contribution in [3.05, 3.63) is 35.1 Å². The molecule has 1 aromatic rings. The zero-order chi connectivity index (χ0) is 13.0. The second-order valence-electron chi connectivity index (χ2n) is 5.39. The number of nitrogens with one attached hydrogen (secondary N) is 1. The summed E-state index contributed by atoms with van der Waals surface area (Å²) in [5.74, 6) is 0.287. The fourth-order valence-corrected chi connectivity index (χ4v) is 2.38. The van der Waals surface area contributed by atoms with Crippen LogP contribution in [0.3, 0.4) is 0 Å². The zero-order valence-electron chi connectivity index (χ0n) is 11.4. The molecule has 100 valence electrons. The van der Waals surface area contributed by atoms with Crippen molar-refractivity contribution in [1.29, 1.82) is 0 Å². The molecule has 18 heavy (non-hydrogen) atoms. The molecule has 0 unspecified atom stereocenters. The predicted molar refractivity (Wildman–Crippen MR) is 73.5 cm³/mol. The van der Waals surface area contributed by atoms with Gasteiger partial charge in [-0.2, -0.15) is 0 Å². The van der Waals surface area contributed by atoms with Crippen molar-refractivity contribution in [3.63, 3.8) is 0 Å². The van der Waals surface area contributed by atoms with Crippen LogP contribution in [-0.2, 0) is 6.42 Å². The van der Waals surface area contributed by atoms with Crippen molar-refractivity contribution in [2.24, 2.45) is 0 Å². The van der Waals surface area contributed by atoms with Crippen LogP contribution in [0.4, 0.5) is 4.39 Å². The van der Waals surface area contributed by atoms with E-state index in [1.54, 1.807) is 12.1 Å². The third kappa shape index (κ3) is 3.79. The molecule has 3 heteroatoms. The van der Waals surface area contributed by atoms with Crippen molar-refractivity contribution in [2.75, 3.05) is 32.7 Å². The highest BCUT2D eigenvalue weighted by Crippen LogP contribution is 2.18. The lowest BCUT2D eigenvalue weighted by Gasteiger charge is -2.27. The first-order chi connectivity index (χ1) is 8.65. The Kier molecular flexibility index (Phi) is 4.72. The van der Waals surface area contributed by atoms with Crippen molar-refractivity contribution in [2.45, 2.75) is 26.2 Å². The van der Waals surface area contributed by atoms with E-state index in [2.05, 4.69) is 30.1 Å². The topological polar surface area (TPSA) is 15.3 Å². The van der Waals surface area contributed by atoms with Crippen LogP contribution in [0.15, 0.2) is 18.2 Å². The van der Waals surface area contributed by atoms with Crippen molar-refractivity contribution in [1.82, 2.24) is 10.2 Å². The largest absolute Gasteiger partial charge is 0.314 e. The molecule has 1 heterocycles. The summed E-state index contributed by atoms with van der Waals surface area (Å²) in [5, 5.41) is 3.34. The van der Waals surface area contributed by atoms with E-state index in [-0.39, 0.29) is 5.82 Å². The minimum atomic E-state index is -0.100. The fourth-order valence-electron chi connectivity index (χ4n) is 2.38. The number of hydrogen-bond acceptors (Lipinski definition) is 2. The first-order valence-electron chi connectivity index (χ1n) is 6.87. The molecule has 0 aliphatic carbocycles. The van der Waals surface area contributed by atoms with Crippen LogP contribution in [0, 0.1) is 5.82 Å². The minimum Gasteiger partial charge on any atom is -0.314 e. The SMILES string of the molecule is CC(C)c1cc(F)cc(CCN2CCNCC2)c1. The lowest BCUT2D eigenvalue weighted by atomic mass is 9.99. The Bertz CT molecular complexity index is 384. The summed E-state index contributed by atoms with van der Waals surface area (Å²) >= 11 is 0. The first-order valence-corrected chi connectivity index (χ1v) is 6.87. The predicted octanol–water partition coefficient (Wildman–Crippen LogP) is 2.40. The van der Waals surface area contributed by atoms with E-state index in [0.717, 1.165) is 50.3 Å². The molecule has 1 N–H and O–H groups in total. The molecule has 0 saturated carbocycles. The van der Waals surface area contributed by atoms with E-state index in [4.69, 9.17) is 0 Å². The molecule has 0 radical (unpaired) electrons. The maximum Gasteiger partial charge on any atom is 0.123 e. The molecular formula is C15H23FN2. The van der Waals surface area contributed by atoms with Crippen LogP contribution >= 0.6 is 0 Å². The zero-order valence-corrected chi connectivity index (χ0v) is 11.4. The second kappa shape index (κ2) is 6.30. The number of benzene rings is 1. The van der Waals surface area contributed by atoms with Gasteiger partial charge in [-0.1, -0.05) is 19.9 Å². The Morgan fingerprint density at radius 1 is 1.22 bits per heavy atom. The third-order valence-corrected chi connectivity index (χ3v) is 3.57. The highest BCUT2D eigenvalue weighted by Gasteiger charge is 2.10. The average molecular weight is 250 g/mol. The molecular weight excluding hydrogens is 227 g/mol. The first kappa shape index (κ1) is 13.5. The van der Waals surface area contributed by atoms with Crippen LogP contribution in [-0.4, -0.2) is 37.6 Å². The van der Waals surface area contributed by atoms with E-state index >= 15 is 0 Å². The van der Waals surface area contributed by atoms with Gasteiger partial charge in [0.1, 0.15) is 5.82 Å². The molecule has 1 fully saturated rings. The van der Waals surface area contributed by atoms with Crippen LogP contribution in [0.5, 0.6) is 0 Å². The monoisotopic (exact) mass is 250 g/mol. The molecule has 0 amide bonds. The van der Waals surface area contributed by atoms with E-state index < -0.39 is 0 Å². The fraction of sp³-hybridized carbons (Fsp3) is 0.600. The van der Waals surface area contributed by atoms with Gasteiger partial charge in [-0.15, -0.1) is 0 Å². The maximum absolute atomic E-state index is 13.5. The van der Waals surface area contributed by atoms with E-state index in [1.807, 2.05) is 0 Å². The Morgan fingerprint density at radius 2 is 1.94 bits per heavy atom. The van der Waals surface area contributed by atoms with Crippen LogP contribution in [0.1, 0.15) is 30.9 Å². The molecule has 2 nitrogen and oxygen atoms in total. The Balaban J connectivity index is 1.95. The molecule has 0 spiro atoms. The van der Waals surface area contributed by atoms with Gasteiger partial charge in [-0.25, -0.2) is 4.39 Å². The van der Waals surface area contributed by atoms with Crippen molar-refractivity contribution < 1.29 is 4.39 Å². The van der Waals surface area contributed by atoms with Crippen molar-refractivity contribution >= 4 is 0 Å². The molecule has 1 aliphatic rings. The number of halogens is 1. The Hall–Kier alpha value is -0.930. The highest BCUT2D eigenvalue weighted by molar-refractivity contribution is 5.27. The number of hydrogen-bond donors (Lipinski definition) is 1. The number of piperazine rings is 1. The summed E-state index contributed by atoms with van der Waals surface area (Å²) in [5.41, 5.74) is 2.22. The van der Waals surface area contributed by atoms with Gasteiger partial charge in [0.25, 0.3) is 0 Å². The summed E-state index contributed by atoms with van der Waals surface area (Å²) in [4.78, 5) is 2.44. The molecule has 0 aromatic heterocycles. The Labute approximate surface area is 109 Å². The van der Waals surface area contributed by atoms with Gasteiger partial charge in [-0.3, -0.25) is 0 Å². The Morgan fingerprint density at radius 3 is 2.61 bits per heavy atom. The summed E-state index contributed by atoms with van der Waals surface area (Å²) in [6.07, 6.45) is 0.942. The molecule has 2 rings (SSSR count). The van der Waals surface area contributed by atoms with Gasteiger partial charge in [0.2, 0.25) is 0 Å². The molecule has 1 aliphatic heterocycles. The number of rotatable bonds is 4. The maximum atomic E-state index is 13.5. The second-order valence-corrected chi connectivity index (χ2v) is 5.39. The molecule has 0 atom stereocenters. The molecule has 1 aromatic carbocycles. The van der Waals surface area contributed by atoms with E-state index in [1.165, 1.54) is 0 Å². The lowest BCUT2D eigenvalue weighted by Crippen LogP contribution is -2.44. The lowest BCUT2D eigenvalue weighted by molar-refractivity contribution is 0.244. The quantitative estimate of drug-likeness (QED) is 0.882. The van der Waals surface area contributed by atoms with E-state index in [9.17, 15) is 4.39 Å². The van der Waals surface area contributed by atoms with Gasteiger partial charge >= 0.3 is 0 Å². The minimum absolute atomic E-state index is 0.100. The van der Waals surface area contributed by atoms with Gasteiger partial charge in [0, 0.05) is 32.7 Å². The summed E-state index contributed by atoms with van der Waals surface area (Å²) in [7, 11) is 0. The smallest absolute Gasteiger partial charge is 0.123 e. The summed E-state index contributed by atoms with van der Waals surface area (Å²) < 4.78 is 13.5. The average Bonchev–Trinajstić information content (AvgIpc) is 2.37. The molecule has 0 bridgehead atoms. The van der Waals surface area contributed by atoms with Crippen LogP contribution in [0.25, 0.3) is 0 Å². The molecule has 1 saturated heterocycles. The third-order valence-electron chi connectivity index (χ3n) is 3.57. The van der Waals surface area contributed by atoms with Gasteiger partial charge < -0.3 is 10.2 Å². The van der Waals surface area contributed by atoms with Gasteiger partial charge in [0.15, 0.2) is 0 Å². The normalized spacial score (nSPS) is 17.3. The standard InChI is InChI=1S/C15H23FN2/c1-12(2)14-9-13(10-15(16)11-14)3-6-18-7-4-17-5-8-18/h9-12,17H,3-8H2,1-2H3.